The first kappa shape index (κ1) is 23.6. The average molecular weight is 487 g/mol. The molecule has 7 nitrogen and oxygen atoms in total. The van der Waals surface area contributed by atoms with E-state index in [1.165, 1.54) is 0 Å². The Bertz CT molecular complexity index is 1040. The summed E-state index contributed by atoms with van der Waals surface area (Å²) in [6.45, 7) is 3.84. The SMILES string of the molecule is C=C(CCc1cc(C2CC(OC(F)(F)F)C2)on1)NC(=O)[C@H]1C[C@@H](O)c2cc(Cl)ccc2O1. The van der Waals surface area contributed by atoms with Crippen LogP contribution in [-0.4, -0.2) is 34.7 Å². The number of aliphatic hydroxyl groups excluding tert-OH is 1. The number of nitrogens with one attached hydrogen (secondary N) is 1. The molecule has 4 rings (SSSR count). The molecule has 1 fully saturated rings. The molecule has 1 amide bonds. The van der Waals surface area contributed by atoms with Crippen molar-refractivity contribution in [2.45, 2.75) is 62.7 Å². The fourth-order valence-corrected chi connectivity index (χ4v) is 4.08. The molecule has 0 unspecified atom stereocenters. The molecule has 2 heterocycles. The lowest BCUT2D eigenvalue weighted by Crippen LogP contribution is -2.41. The van der Waals surface area contributed by atoms with Gasteiger partial charge < -0.3 is 19.7 Å². The normalized spacial score (nSPS) is 24.4. The van der Waals surface area contributed by atoms with Crippen LogP contribution < -0.4 is 10.1 Å². The molecule has 0 spiro atoms. The Balaban J connectivity index is 1.23. The topological polar surface area (TPSA) is 93.8 Å². The largest absolute Gasteiger partial charge is 0.522 e. The minimum atomic E-state index is -4.63. The predicted molar refractivity (Wildman–Crippen MR) is 110 cm³/mol. The molecule has 11 heteroatoms. The Morgan fingerprint density at radius 1 is 1.30 bits per heavy atom. The van der Waals surface area contributed by atoms with E-state index in [2.05, 4.69) is 21.8 Å². The van der Waals surface area contributed by atoms with Gasteiger partial charge in [0.15, 0.2) is 6.10 Å². The van der Waals surface area contributed by atoms with E-state index in [-0.39, 0.29) is 25.2 Å². The van der Waals surface area contributed by atoms with Crippen LogP contribution in [0.4, 0.5) is 13.2 Å². The number of allylic oxidation sites excluding steroid dienone is 1. The van der Waals surface area contributed by atoms with E-state index in [1.807, 2.05) is 0 Å². The number of benzene rings is 1. The first-order valence-corrected chi connectivity index (χ1v) is 10.8. The van der Waals surface area contributed by atoms with Crippen LogP contribution in [0.2, 0.25) is 5.02 Å². The standard InChI is InChI=1S/C22H22ClF3N2O5/c1-11(27-21(30)20-10-17(29)16-8-13(23)3-5-18(16)31-20)2-4-14-9-19(33-28-14)12-6-15(7-12)32-22(24,25)26/h3,5,8-9,12,15,17,20,29H,1-2,4,6-7,10H2,(H,27,30)/t12?,15?,17-,20-/m1/s1. The van der Waals surface area contributed by atoms with Crippen LogP contribution in [0.1, 0.15) is 54.7 Å². The van der Waals surface area contributed by atoms with Crippen molar-refractivity contribution < 1.29 is 37.1 Å². The maximum absolute atomic E-state index is 12.6. The highest BCUT2D eigenvalue weighted by Crippen LogP contribution is 2.41. The number of aryl methyl sites for hydroxylation is 1. The van der Waals surface area contributed by atoms with Gasteiger partial charge in [-0.3, -0.25) is 9.53 Å². The smallest absolute Gasteiger partial charge is 0.480 e. The van der Waals surface area contributed by atoms with E-state index in [9.17, 15) is 23.1 Å². The molecule has 1 aromatic heterocycles. The minimum absolute atomic E-state index is 0.0829. The Morgan fingerprint density at radius 3 is 2.79 bits per heavy atom. The fourth-order valence-electron chi connectivity index (χ4n) is 3.90. The summed E-state index contributed by atoms with van der Waals surface area (Å²) in [6.07, 6.45) is -5.92. The summed E-state index contributed by atoms with van der Waals surface area (Å²) in [6, 6.07) is 6.53. The zero-order chi connectivity index (χ0) is 23.8. The number of carbonyl (C=O) groups excluding carboxylic acids is 1. The summed E-state index contributed by atoms with van der Waals surface area (Å²) in [5.74, 6) is 0.336. The second-order valence-electron chi connectivity index (χ2n) is 8.21. The zero-order valence-electron chi connectivity index (χ0n) is 17.4. The summed E-state index contributed by atoms with van der Waals surface area (Å²) in [5.41, 5.74) is 1.58. The maximum atomic E-state index is 12.6. The van der Waals surface area contributed by atoms with Gasteiger partial charge in [-0.25, -0.2) is 0 Å². The maximum Gasteiger partial charge on any atom is 0.522 e. The third kappa shape index (κ3) is 5.87. The predicted octanol–water partition coefficient (Wildman–Crippen LogP) is 4.56. The second-order valence-corrected chi connectivity index (χ2v) is 8.64. The van der Waals surface area contributed by atoms with E-state index < -0.39 is 30.6 Å². The first-order chi connectivity index (χ1) is 15.6. The highest BCUT2D eigenvalue weighted by atomic mass is 35.5. The zero-order valence-corrected chi connectivity index (χ0v) is 18.2. The van der Waals surface area contributed by atoms with Crippen LogP contribution in [0.15, 0.2) is 41.1 Å². The lowest BCUT2D eigenvalue weighted by molar-refractivity contribution is -0.352. The van der Waals surface area contributed by atoms with Crippen LogP contribution >= 0.6 is 11.6 Å². The Labute approximate surface area is 192 Å². The van der Waals surface area contributed by atoms with Crippen LogP contribution in [0.25, 0.3) is 0 Å². The van der Waals surface area contributed by atoms with Crippen LogP contribution in [0.3, 0.4) is 0 Å². The molecular weight excluding hydrogens is 465 g/mol. The van der Waals surface area contributed by atoms with Crippen molar-refractivity contribution >= 4 is 17.5 Å². The molecule has 1 aliphatic carbocycles. The summed E-state index contributed by atoms with van der Waals surface area (Å²) in [5, 5.41) is 17.4. The average Bonchev–Trinajstić information content (AvgIpc) is 3.17. The van der Waals surface area contributed by atoms with E-state index in [1.54, 1.807) is 24.3 Å². The summed E-state index contributed by atoms with van der Waals surface area (Å²) >= 11 is 5.94. The van der Waals surface area contributed by atoms with Gasteiger partial charge in [0.05, 0.1) is 17.9 Å². The molecule has 2 aliphatic rings. The van der Waals surface area contributed by atoms with Crippen molar-refractivity contribution in [2.75, 3.05) is 0 Å². The number of aliphatic hydroxyl groups is 1. The van der Waals surface area contributed by atoms with Crippen molar-refractivity contribution in [2.24, 2.45) is 0 Å². The van der Waals surface area contributed by atoms with E-state index in [0.29, 0.717) is 46.3 Å². The third-order valence-electron chi connectivity index (χ3n) is 5.69. The number of carbonyl (C=O) groups is 1. The van der Waals surface area contributed by atoms with Gasteiger partial charge in [0, 0.05) is 34.7 Å². The van der Waals surface area contributed by atoms with Gasteiger partial charge in [-0.2, -0.15) is 0 Å². The third-order valence-corrected chi connectivity index (χ3v) is 5.92. The molecule has 1 aromatic carbocycles. The van der Waals surface area contributed by atoms with Crippen molar-refractivity contribution in [3.05, 3.63) is 58.6 Å². The van der Waals surface area contributed by atoms with Gasteiger partial charge in [0.1, 0.15) is 11.5 Å². The lowest BCUT2D eigenvalue weighted by Gasteiger charge is -2.33. The van der Waals surface area contributed by atoms with Crippen LogP contribution in [-0.2, 0) is 16.0 Å². The number of rotatable bonds is 7. The molecule has 0 radical (unpaired) electrons. The Kier molecular flexibility index (Phi) is 6.69. The van der Waals surface area contributed by atoms with Crippen molar-refractivity contribution in [1.29, 1.82) is 0 Å². The highest BCUT2D eigenvalue weighted by molar-refractivity contribution is 6.30. The monoisotopic (exact) mass is 486 g/mol. The van der Waals surface area contributed by atoms with Crippen LogP contribution in [0, 0.1) is 0 Å². The number of alkyl halides is 3. The van der Waals surface area contributed by atoms with Gasteiger partial charge in [-0.1, -0.05) is 23.3 Å². The number of ether oxygens (including phenoxy) is 2. The molecule has 0 bridgehead atoms. The number of fused-ring (bicyclic) bond motifs is 1. The lowest BCUT2D eigenvalue weighted by atomic mass is 9.80. The van der Waals surface area contributed by atoms with Gasteiger partial charge in [0.25, 0.3) is 5.91 Å². The highest BCUT2D eigenvalue weighted by Gasteiger charge is 2.42. The Morgan fingerprint density at radius 2 is 2.06 bits per heavy atom. The minimum Gasteiger partial charge on any atom is -0.480 e. The molecule has 33 heavy (non-hydrogen) atoms. The molecule has 2 aromatic rings. The Hall–Kier alpha value is -2.56. The van der Waals surface area contributed by atoms with Gasteiger partial charge in [-0.05, 0) is 43.9 Å². The molecule has 1 saturated carbocycles. The van der Waals surface area contributed by atoms with Gasteiger partial charge in [0.2, 0.25) is 0 Å². The summed E-state index contributed by atoms with van der Waals surface area (Å²) < 4.78 is 51.6. The number of hydrogen-bond acceptors (Lipinski definition) is 6. The number of halogens is 4. The number of nitrogens with zero attached hydrogens (tertiary/aromatic N) is 1. The van der Waals surface area contributed by atoms with E-state index >= 15 is 0 Å². The van der Waals surface area contributed by atoms with Crippen molar-refractivity contribution in [3.8, 4) is 5.75 Å². The molecule has 2 N–H and O–H groups in total. The molecule has 2 atom stereocenters. The van der Waals surface area contributed by atoms with Gasteiger partial charge >= 0.3 is 6.36 Å². The van der Waals surface area contributed by atoms with Gasteiger partial charge in [-0.15, -0.1) is 13.2 Å². The molecule has 178 valence electrons. The number of aromatic nitrogens is 1. The fraction of sp³-hybridized carbons (Fsp3) is 0.455. The molecule has 0 saturated heterocycles. The first-order valence-electron chi connectivity index (χ1n) is 10.4. The number of hydrogen-bond donors (Lipinski definition) is 2. The summed E-state index contributed by atoms with van der Waals surface area (Å²) in [7, 11) is 0. The number of amides is 1. The van der Waals surface area contributed by atoms with E-state index in [4.69, 9.17) is 20.9 Å². The van der Waals surface area contributed by atoms with E-state index in [0.717, 1.165) is 0 Å². The van der Waals surface area contributed by atoms with Crippen molar-refractivity contribution in [3.63, 3.8) is 0 Å². The second kappa shape index (κ2) is 9.36. The summed E-state index contributed by atoms with van der Waals surface area (Å²) in [4.78, 5) is 12.6. The molecule has 1 aliphatic heterocycles. The van der Waals surface area contributed by atoms with Crippen LogP contribution in [0.5, 0.6) is 5.75 Å². The molecular formula is C22H22ClF3N2O5. The quantitative estimate of drug-likeness (QED) is 0.596. The van der Waals surface area contributed by atoms with Crippen molar-refractivity contribution in [1.82, 2.24) is 10.5 Å².